The Morgan fingerprint density at radius 3 is 1.54 bits per heavy atom. The molecular formula is C20H30O6. The number of rotatable bonds is 7. The van der Waals surface area contributed by atoms with Crippen molar-refractivity contribution in [2.45, 2.75) is 102 Å². The van der Waals surface area contributed by atoms with Crippen LogP contribution in [0, 0.1) is 11.8 Å². The maximum absolute atomic E-state index is 12.0. The summed E-state index contributed by atoms with van der Waals surface area (Å²) in [6.45, 7) is 4.24. The average Bonchev–Trinajstić information content (AvgIpc) is 3.48. The van der Waals surface area contributed by atoms with Crippen molar-refractivity contribution in [1.29, 1.82) is 0 Å². The fourth-order valence-corrected chi connectivity index (χ4v) is 4.47. The van der Waals surface area contributed by atoms with Crippen LogP contribution in [-0.2, 0) is 28.5 Å². The smallest absolute Gasteiger partial charge is 0.306 e. The third kappa shape index (κ3) is 4.39. The number of hydrogen-bond acceptors (Lipinski definition) is 6. The molecule has 4 aliphatic rings. The molecule has 2 aliphatic carbocycles. The topological polar surface area (TPSA) is 77.7 Å². The van der Waals surface area contributed by atoms with E-state index in [1.54, 1.807) is 0 Å². The summed E-state index contributed by atoms with van der Waals surface area (Å²) in [5.74, 6) is 0.412. The lowest BCUT2D eigenvalue weighted by Gasteiger charge is -2.26. The molecule has 0 spiro atoms. The van der Waals surface area contributed by atoms with Crippen molar-refractivity contribution in [2.24, 2.45) is 11.8 Å². The van der Waals surface area contributed by atoms with Crippen LogP contribution in [0.3, 0.4) is 0 Å². The van der Waals surface area contributed by atoms with Gasteiger partial charge in [0.1, 0.15) is 12.2 Å². The first-order valence-electron chi connectivity index (χ1n) is 10.2. The number of hydrogen-bond donors (Lipinski definition) is 0. The average molecular weight is 366 g/mol. The molecule has 0 bridgehead atoms. The van der Waals surface area contributed by atoms with E-state index in [-0.39, 0.29) is 24.1 Å². The fraction of sp³-hybridized carbons (Fsp3) is 0.900. The normalized spacial score (nSPS) is 43.0. The Morgan fingerprint density at radius 1 is 0.731 bits per heavy atom. The van der Waals surface area contributed by atoms with Gasteiger partial charge in [0.15, 0.2) is 0 Å². The van der Waals surface area contributed by atoms with Crippen LogP contribution in [0.15, 0.2) is 0 Å². The summed E-state index contributed by atoms with van der Waals surface area (Å²) in [7, 11) is 0. The highest BCUT2D eigenvalue weighted by Gasteiger charge is 2.49. The van der Waals surface area contributed by atoms with Gasteiger partial charge in [-0.05, 0) is 37.5 Å². The minimum atomic E-state index is -0.160. The molecule has 2 saturated carbocycles. The standard InChI is InChI=1S/C20H30O6/c1-11-7-15-17(23-15)9-13(11)25-19(21)5-3-4-6-20(22)26-14-10-18-16(24-18)8-12(14)2/h11-18H,3-10H2,1-2H3. The zero-order valence-electron chi connectivity index (χ0n) is 15.7. The van der Waals surface area contributed by atoms with Gasteiger partial charge in [-0.25, -0.2) is 0 Å². The van der Waals surface area contributed by atoms with Gasteiger partial charge >= 0.3 is 11.9 Å². The lowest BCUT2D eigenvalue weighted by molar-refractivity contribution is -0.155. The molecule has 8 atom stereocenters. The Morgan fingerprint density at radius 2 is 1.12 bits per heavy atom. The van der Waals surface area contributed by atoms with Crippen LogP contribution < -0.4 is 0 Å². The second-order valence-corrected chi connectivity index (χ2v) is 8.59. The number of carbonyl (C=O) groups is 2. The monoisotopic (exact) mass is 366 g/mol. The van der Waals surface area contributed by atoms with Crippen molar-refractivity contribution in [1.82, 2.24) is 0 Å². The van der Waals surface area contributed by atoms with Crippen LogP contribution in [0.1, 0.15) is 65.2 Å². The molecule has 0 aromatic carbocycles. The first-order chi connectivity index (χ1) is 12.5. The quantitative estimate of drug-likeness (QED) is 0.392. The Labute approximate surface area is 154 Å². The molecular weight excluding hydrogens is 336 g/mol. The van der Waals surface area contributed by atoms with Gasteiger partial charge in [-0.3, -0.25) is 9.59 Å². The number of epoxide rings is 2. The lowest BCUT2D eigenvalue weighted by atomic mass is 9.88. The molecule has 0 radical (unpaired) electrons. The van der Waals surface area contributed by atoms with E-state index in [0.29, 0.717) is 61.9 Å². The molecule has 0 aromatic heterocycles. The lowest BCUT2D eigenvalue weighted by Crippen LogP contribution is -2.32. The number of unbranched alkanes of at least 4 members (excludes halogenated alkanes) is 1. The maximum Gasteiger partial charge on any atom is 0.306 e. The molecule has 4 rings (SSSR count). The fourth-order valence-electron chi connectivity index (χ4n) is 4.47. The molecule has 2 heterocycles. The van der Waals surface area contributed by atoms with Gasteiger partial charge in [0, 0.05) is 25.7 Å². The SMILES string of the molecule is CC1CC2OC2CC1OC(=O)CCCCC(=O)OC1CC2OC2CC1C. The van der Waals surface area contributed by atoms with Gasteiger partial charge in [-0.2, -0.15) is 0 Å². The van der Waals surface area contributed by atoms with Crippen LogP contribution in [0.4, 0.5) is 0 Å². The highest BCUT2D eigenvalue weighted by Crippen LogP contribution is 2.41. The first kappa shape index (κ1) is 18.2. The molecule has 0 aromatic rings. The second kappa shape index (κ2) is 7.47. The van der Waals surface area contributed by atoms with E-state index in [4.69, 9.17) is 18.9 Å². The molecule has 0 N–H and O–H groups in total. The Balaban J connectivity index is 1.08. The van der Waals surface area contributed by atoms with E-state index in [2.05, 4.69) is 13.8 Å². The molecule has 4 fully saturated rings. The molecule has 2 saturated heterocycles. The summed E-state index contributed by atoms with van der Waals surface area (Å²) in [4.78, 5) is 24.1. The van der Waals surface area contributed by atoms with Gasteiger partial charge < -0.3 is 18.9 Å². The summed E-state index contributed by atoms with van der Waals surface area (Å²) >= 11 is 0. The van der Waals surface area contributed by atoms with Crippen LogP contribution in [0.5, 0.6) is 0 Å². The number of ether oxygens (including phenoxy) is 4. The third-order valence-corrected chi connectivity index (χ3v) is 6.36. The summed E-state index contributed by atoms with van der Waals surface area (Å²) in [5.41, 5.74) is 0. The maximum atomic E-state index is 12.0. The molecule has 6 nitrogen and oxygen atoms in total. The van der Waals surface area contributed by atoms with Gasteiger partial charge in [0.05, 0.1) is 24.4 Å². The molecule has 146 valence electrons. The van der Waals surface area contributed by atoms with E-state index < -0.39 is 0 Å². The number of fused-ring (bicyclic) bond motifs is 2. The van der Waals surface area contributed by atoms with E-state index in [1.807, 2.05) is 0 Å². The van der Waals surface area contributed by atoms with Crippen molar-refractivity contribution in [3.05, 3.63) is 0 Å². The van der Waals surface area contributed by atoms with Crippen LogP contribution in [0.2, 0.25) is 0 Å². The van der Waals surface area contributed by atoms with E-state index in [0.717, 1.165) is 25.7 Å². The Kier molecular flexibility index (Phi) is 5.24. The van der Waals surface area contributed by atoms with Gasteiger partial charge in [-0.1, -0.05) is 13.8 Å². The summed E-state index contributed by atoms with van der Waals surface area (Å²) in [6.07, 6.45) is 7.05. The molecule has 6 heteroatoms. The zero-order valence-corrected chi connectivity index (χ0v) is 15.7. The first-order valence-corrected chi connectivity index (χ1v) is 10.2. The highest BCUT2D eigenvalue weighted by atomic mass is 16.6. The van der Waals surface area contributed by atoms with E-state index in [9.17, 15) is 9.59 Å². The van der Waals surface area contributed by atoms with Crippen molar-refractivity contribution in [2.75, 3.05) is 0 Å². The third-order valence-electron chi connectivity index (χ3n) is 6.36. The molecule has 0 amide bonds. The molecule has 2 aliphatic heterocycles. The zero-order chi connectivity index (χ0) is 18.3. The van der Waals surface area contributed by atoms with Gasteiger partial charge in [0.2, 0.25) is 0 Å². The van der Waals surface area contributed by atoms with Crippen LogP contribution >= 0.6 is 0 Å². The summed E-state index contributed by atoms with van der Waals surface area (Å²) < 4.78 is 22.2. The van der Waals surface area contributed by atoms with Crippen LogP contribution in [-0.4, -0.2) is 48.6 Å². The largest absolute Gasteiger partial charge is 0.462 e. The van der Waals surface area contributed by atoms with Crippen molar-refractivity contribution in [3.8, 4) is 0 Å². The van der Waals surface area contributed by atoms with Crippen LogP contribution in [0.25, 0.3) is 0 Å². The number of esters is 2. The van der Waals surface area contributed by atoms with Crippen molar-refractivity contribution < 1.29 is 28.5 Å². The highest BCUT2D eigenvalue weighted by molar-refractivity contribution is 5.71. The van der Waals surface area contributed by atoms with Crippen molar-refractivity contribution in [3.63, 3.8) is 0 Å². The number of carbonyl (C=O) groups excluding carboxylic acids is 2. The van der Waals surface area contributed by atoms with Crippen molar-refractivity contribution >= 4 is 11.9 Å². The predicted molar refractivity (Wildman–Crippen MR) is 92.3 cm³/mol. The molecule has 8 unspecified atom stereocenters. The van der Waals surface area contributed by atoms with Gasteiger partial charge in [0.25, 0.3) is 0 Å². The second-order valence-electron chi connectivity index (χ2n) is 8.59. The molecule has 26 heavy (non-hydrogen) atoms. The minimum Gasteiger partial charge on any atom is -0.462 e. The Bertz CT molecular complexity index is 500. The Hall–Kier alpha value is -1.14. The predicted octanol–water partition coefficient (Wildman–Crippen LogP) is 2.77. The summed E-state index contributed by atoms with van der Waals surface area (Å²) in [6, 6.07) is 0. The van der Waals surface area contributed by atoms with E-state index >= 15 is 0 Å². The minimum absolute atomic E-state index is 0.0162. The van der Waals surface area contributed by atoms with E-state index in [1.165, 1.54) is 0 Å². The summed E-state index contributed by atoms with van der Waals surface area (Å²) in [5, 5.41) is 0. The van der Waals surface area contributed by atoms with Gasteiger partial charge in [-0.15, -0.1) is 0 Å².